The van der Waals surface area contributed by atoms with Crippen molar-refractivity contribution in [1.29, 1.82) is 0 Å². The second-order valence-electron chi connectivity index (χ2n) is 12.4. The SMILES string of the molecule is Cc1cc(S(=O)(=O)C2CC2)ccc1-c1cc2cnc(Nc3ccc(OC4CCNCC4)cc3)nc2n(CC2CCOCC2)c1=O. The topological polar surface area (TPSA) is 124 Å². The van der Waals surface area contributed by atoms with Gasteiger partial charge in [0.1, 0.15) is 17.5 Å². The molecule has 3 fully saturated rings. The number of fused-ring (bicyclic) bond motifs is 1. The van der Waals surface area contributed by atoms with Crippen molar-refractivity contribution in [3.05, 3.63) is 70.6 Å². The molecule has 3 aliphatic rings. The number of hydrogen-bond donors (Lipinski definition) is 2. The van der Waals surface area contributed by atoms with Gasteiger partial charge in [-0.15, -0.1) is 0 Å². The molecule has 7 rings (SSSR count). The van der Waals surface area contributed by atoms with Gasteiger partial charge in [-0.1, -0.05) is 6.07 Å². The first-order chi connectivity index (χ1) is 21.8. The zero-order chi connectivity index (χ0) is 31.0. The molecule has 1 saturated carbocycles. The Morgan fingerprint density at radius 2 is 1.73 bits per heavy atom. The summed E-state index contributed by atoms with van der Waals surface area (Å²) in [5.41, 5.74) is 3.20. The van der Waals surface area contributed by atoms with Crippen molar-refractivity contribution in [1.82, 2.24) is 19.9 Å². The number of nitrogens with one attached hydrogen (secondary N) is 2. The van der Waals surface area contributed by atoms with Crippen LogP contribution in [0.4, 0.5) is 11.6 Å². The van der Waals surface area contributed by atoms with Gasteiger partial charge in [0.05, 0.1) is 10.1 Å². The van der Waals surface area contributed by atoms with Crippen LogP contribution in [0, 0.1) is 12.8 Å². The fourth-order valence-electron chi connectivity index (χ4n) is 6.31. The summed E-state index contributed by atoms with van der Waals surface area (Å²) in [6, 6.07) is 14.7. The Hall–Kier alpha value is -3.80. The zero-order valence-corrected chi connectivity index (χ0v) is 26.3. The molecule has 10 nitrogen and oxygen atoms in total. The van der Waals surface area contributed by atoms with E-state index in [1.807, 2.05) is 37.3 Å². The molecule has 2 aromatic heterocycles. The van der Waals surface area contributed by atoms with Crippen molar-refractivity contribution in [3.63, 3.8) is 0 Å². The molecule has 0 radical (unpaired) electrons. The molecule has 0 amide bonds. The minimum atomic E-state index is -3.33. The highest BCUT2D eigenvalue weighted by atomic mass is 32.2. The number of benzene rings is 2. The van der Waals surface area contributed by atoms with E-state index in [1.165, 1.54) is 0 Å². The average Bonchev–Trinajstić information content (AvgIpc) is 3.91. The molecule has 45 heavy (non-hydrogen) atoms. The molecule has 0 atom stereocenters. The highest BCUT2D eigenvalue weighted by Gasteiger charge is 2.37. The Morgan fingerprint density at radius 1 is 0.978 bits per heavy atom. The number of aryl methyl sites for hydroxylation is 1. The molecule has 236 valence electrons. The van der Waals surface area contributed by atoms with Crippen molar-refractivity contribution in [2.75, 3.05) is 31.6 Å². The van der Waals surface area contributed by atoms with Crippen LogP contribution in [-0.4, -0.2) is 60.6 Å². The van der Waals surface area contributed by atoms with Crippen LogP contribution in [0.1, 0.15) is 44.1 Å². The number of hydrogen-bond acceptors (Lipinski definition) is 9. The van der Waals surface area contributed by atoms with Crippen LogP contribution in [-0.2, 0) is 21.1 Å². The first-order valence-corrected chi connectivity index (χ1v) is 17.5. The Balaban J connectivity index is 1.21. The summed E-state index contributed by atoms with van der Waals surface area (Å²) in [5, 5.41) is 7.09. The Bertz CT molecular complexity index is 1860. The van der Waals surface area contributed by atoms with E-state index in [4.69, 9.17) is 14.5 Å². The van der Waals surface area contributed by atoms with E-state index in [2.05, 4.69) is 15.6 Å². The van der Waals surface area contributed by atoms with Crippen LogP contribution < -0.4 is 20.9 Å². The van der Waals surface area contributed by atoms with Crippen LogP contribution >= 0.6 is 0 Å². The van der Waals surface area contributed by atoms with Gasteiger partial charge >= 0.3 is 0 Å². The van der Waals surface area contributed by atoms with Gasteiger partial charge in [-0.25, -0.2) is 13.4 Å². The smallest absolute Gasteiger partial charge is 0.260 e. The molecule has 0 spiro atoms. The summed E-state index contributed by atoms with van der Waals surface area (Å²) in [5.74, 6) is 1.51. The van der Waals surface area contributed by atoms with Crippen LogP contribution in [0.3, 0.4) is 0 Å². The zero-order valence-electron chi connectivity index (χ0n) is 25.5. The fourth-order valence-corrected chi connectivity index (χ4v) is 8.05. The van der Waals surface area contributed by atoms with Crippen LogP contribution in [0.25, 0.3) is 22.2 Å². The highest BCUT2D eigenvalue weighted by molar-refractivity contribution is 7.92. The van der Waals surface area contributed by atoms with E-state index in [0.717, 1.165) is 61.2 Å². The number of ether oxygens (including phenoxy) is 2. The summed E-state index contributed by atoms with van der Waals surface area (Å²) >= 11 is 0. The first kappa shape index (κ1) is 29.9. The second-order valence-corrected chi connectivity index (χ2v) is 14.7. The molecule has 2 aromatic carbocycles. The normalized spacial score (nSPS) is 18.2. The predicted octanol–water partition coefficient (Wildman–Crippen LogP) is 5.00. The van der Waals surface area contributed by atoms with E-state index in [1.54, 1.807) is 29.0 Å². The predicted molar refractivity (Wildman–Crippen MR) is 174 cm³/mol. The molecule has 2 N–H and O–H groups in total. The van der Waals surface area contributed by atoms with Gasteiger partial charge in [-0.2, -0.15) is 4.98 Å². The maximum atomic E-state index is 14.2. The molecule has 4 aromatic rings. The fraction of sp³-hybridized carbons (Fsp3) is 0.441. The quantitative estimate of drug-likeness (QED) is 0.263. The van der Waals surface area contributed by atoms with Gasteiger partial charge in [0.25, 0.3) is 5.56 Å². The first-order valence-electron chi connectivity index (χ1n) is 15.9. The molecule has 2 aliphatic heterocycles. The average molecular weight is 630 g/mol. The van der Waals surface area contributed by atoms with E-state index >= 15 is 0 Å². The Labute approximate surface area is 263 Å². The monoisotopic (exact) mass is 629 g/mol. The van der Waals surface area contributed by atoms with Crippen LogP contribution in [0.5, 0.6) is 5.75 Å². The number of rotatable bonds is 9. The number of sulfone groups is 1. The van der Waals surface area contributed by atoms with Crippen molar-refractivity contribution >= 4 is 32.5 Å². The third-order valence-electron chi connectivity index (χ3n) is 9.09. The van der Waals surface area contributed by atoms with Crippen molar-refractivity contribution < 1.29 is 17.9 Å². The van der Waals surface area contributed by atoms with Gasteiger partial charge in [0.2, 0.25) is 5.95 Å². The number of anilines is 2. The van der Waals surface area contributed by atoms with Crippen molar-refractivity contribution in [3.8, 4) is 16.9 Å². The van der Waals surface area contributed by atoms with Crippen molar-refractivity contribution in [2.24, 2.45) is 5.92 Å². The number of pyridine rings is 1. The molecular weight excluding hydrogens is 590 g/mol. The summed E-state index contributed by atoms with van der Waals surface area (Å²) in [6.07, 6.45) is 7.11. The number of piperidine rings is 1. The largest absolute Gasteiger partial charge is 0.490 e. The molecule has 0 bridgehead atoms. The van der Waals surface area contributed by atoms with Crippen LogP contribution in [0.2, 0.25) is 0 Å². The lowest BCUT2D eigenvalue weighted by Gasteiger charge is -2.24. The molecule has 0 unspecified atom stereocenters. The molecular formula is C34H39N5O5S. The Morgan fingerprint density at radius 3 is 2.44 bits per heavy atom. The standard InChI is InChI=1S/C34H39N5O5S/c1-22-18-29(45(41,42)28-6-7-28)8-9-30(22)31-19-24-20-36-34(38-32(24)39(33(31)40)21-23-12-16-43-17-13-23)37-25-2-4-26(5-3-25)44-27-10-14-35-15-11-27/h2-5,8-9,18-20,23,27-28,35H,6-7,10-17,21H2,1H3,(H,36,37,38). The summed E-state index contributed by atoms with van der Waals surface area (Å²) in [7, 11) is -3.33. The lowest BCUT2D eigenvalue weighted by atomic mass is 9.98. The molecule has 2 saturated heterocycles. The van der Waals surface area contributed by atoms with E-state index in [9.17, 15) is 13.2 Å². The minimum absolute atomic E-state index is 0.154. The van der Waals surface area contributed by atoms with Gasteiger partial charge in [0, 0.05) is 42.6 Å². The van der Waals surface area contributed by atoms with E-state index < -0.39 is 9.84 Å². The van der Waals surface area contributed by atoms with Gasteiger partial charge in [-0.05, 0) is 118 Å². The lowest BCUT2D eigenvalue weighted by molar-refractivity contribution is 0.0613. The van der Waals surface area contributed by atoms with Crippen LogP contribution in [0.15, 0.2) is 64.4 Å². The third kappa shape index (κ3) is 6.47. The molecule has 1 aliphatic carbocycles. The summed E-state index contributed by atoms with van der Waals surface area (Å²) < 4.78 is 39.2. The lowest BCUT2D eigenvalue weighted by Crippen LogP contribution is -2.34. The van der Waals surface area contributed by atoms with Crippen molar-refractivity contribution in [2.45, 2.75) is 68.2 Å². The van der Waals surface area contributed by atoms with E-state index in [-0.39, 0.29) is 22.8 Å². The van der Waals surface area contributed by atoms with Gasteiger partial charge < -0.3 is 20.1 Å². The number of aromatic nitrogens is 3. The third-order valence-corrected chi connectivity index (χ3v) is 11.3. The van der Waals surface area contributed by atoms with E-state index in [0.29, 0.717) is 60.2 Å². The molecule has 11 heteroatoms. The summed E-state index contributed by atoms with van der Waals surface area (Å²) in [4.78, 5) is 23.9. The Kier molecular flexibility index (Phi) is 8.32. The minimum Gasteiger partial charge on any atom is -0.490 e. The van der Waals surface area contributed by atoms with Gasteiger partial charge in [-0.3, -0.25) is 9.36 Å². The van der Waals surface area contributed by atoms with Gasteiger partial charge in [0.15, 0.2) is 9.84 Å². The highest BCUT2D eigenvalue weighted by Crippen LogP contribution is 2.35. The number of nitrogens with zero attached hydrogens (tertiary/aromatic N) is 3. The second kappa shape index (κ2) is 12.5. The maximum absolute atomic E-state index is 14.2. The maximum Gasteiger partial charge on any atom is 0.260 e. The summed E-state index contributed by atoms with van der Waals surface area (Å²) in [6.45, 7) is 5.67. The molecule has 4 heterocycles.